The summed E-state index contributed by atoms with van der Waals surface area (Å²) in [4.78, 5) is 18.0. The molecule has 2 amide bonds. The molecule has 0 bridgehead atoms. The number of aromatic nitrogens is 3. The van der Waals surface area contributed by atoms with Crippen LogP contribution >= 0.6 is 11.6 Å². The third-order valence-corrected chi connectivity index (χ3v) is 3.91. The molecule has 0 radical (unpaired) electrons. The molecule has 0 unspecified atom stereocenters. The molecule has 2 aromatic rings. The van der Waals surface area contributed by atoms with Crippen LogP contribution in [0.1, 0.15) is 24.0 Å². The minimum Gasteiger partial charge on any atom is -0.324 e. The van der Waals surface area contributed by atoms with Crippen LogP contribution in [0.15, 0.2) is 12.1 Å². The van der Waals surface area contributed by atoms with Gasteiger partial charge in [-0.25, -0.2) is 18.6 Å². The molecular formula is C14H14ClF2N5O. The Balaban J connectivity index is 1.68. The first-order valence-electron chi connectivity index (χ1n) is 7.03. The number of carbonyl (C=O) groups excluding carboxylic acids is 1. The molecule has 122 valence electrons. The van der Waals surface area contributed by atoms with E-state index in [9.17, 15) is 13.6 Å². The summed E-state index contributed by atoms with van der Waals surface area (Å²) in [5.74, 6) is -0.866. The zero-order valence-corrected chi connectivity index (χ0v) is 13.0. The highest BCUT2D eigenvalue weighted by Crippen LogP contribution is 2.27. The Labute approximate surface area is 135 Å². The Bertz CT molecular complexity index is 751. The van der Waals surface area contributed by atoms with E-state index in [1.165, 1.54) is 11.0 Å². The van der Waals surface area contributed by atoms with Crippen molar-refractivity contribution in [3.05, 3.63) is 40.4 Å². The lowest BCUT2D eigenvalue weighted by Crippen LogP contribution is -2.33. The molecule has 1 atom stereocenters. The van der Waals surface area contributed by atoms with Crippen molar-refractivity contribution in [2.45, 2.75) is 19.3 Å². The molecule has 1 aromatic heterocycles. The summed E-state index contributed by atoms with van der Waals surface area (Å²) < 4.78 is 27.0. The molecule has 0 spiro atoms. The topological polar surface area (TPSA) is 73.9 Å². The van der Waals surface area contributed by atoms with Gasteiger partial charge in [0, 0.05) is 24.0 Å². The first-order chi connectivity index (χ1) is 10.9. The van der Waals surface area contributed by atoms with Crippen molar-refractivity contribution in [1.82, 2.24) is 20.1 Å². The molecule has 2 N–H and O–H groups in total. The largest absolute Gasteiger partial charge is 0.324 e. The number of hydrogen-bond donors (Lipinski definition) is 2. The maximum absolute atomic E-state index is 13.7. The Morgan fingerprint density at radius 1 is 1.48 bits per heavy atom. The van der Waals surface area contributed by atoms with Crippen molar-refractivity contribution in [3.63, 3.8) is 0 Å². The van der Waals surface area contributed by atoms with Gasteiger partial charge in [0.15, 0.2) is 17.5 Å². The van der Waals surface area contributed by atoms with E-state index in [1.54, 1.807) is 6.92 Å². The number of benzene rings is 1. The molecule has 9 heteroatoms. The molecule has 1 fully saturated rings. The lowest BCUT2D eigenvalue weighted by Gasteiger charge is -2.17. The lowest BCUT2D eigenvalue weighted by molar-refractivity contribution is 0.221. The molecular weight excluding hydrogens is 328 g/mol. The maximum Gasteiger partial charge on any atom is 0.321 e. The van der Waals surface area contributed by atoms with Crippen molar-refractivity contribution < 1.29 is 13.6 Å². The third-order valence-electron chi connectivity index (χ3n) is 3.69. The Morgan fingerprint density at radius 3 is 2.96 bits per heavy atom. The van der Waals surface area contributed by atoms with Gasteiger partial charge in [0.05, 0.1) is 5.69 Å². The Kier molecular flexibility index (Phi) is 4.16. The van der Waals surface area contributed by atoms with E-state index in [1.807, 2.05) is 0 Å². The highest BCUT2D eigenvalue weighted by molar-refractivity contribution is 6.30. The zero-order valence-electron chi connectivity index (χ0n) is 12.2. The van der Waals surface area contributed by atoms with Crippen LogP contribution in [0, 0.1) is 18.6 Å². The van der Waals surface area contributed by atoms with Crippen molar-refractivity contribution in [2.24, 2.45) is 0 Å². The summed E-state index contributed by atoms with van der Waals surface area (Å²) >= 11 is 5.68. The van der Waals surface area contributed by atoms with Crippen molar-refractivity contribution >= 4 is 23.3 Å². The molecule has 6 nitrogen and oxygen atoms in total. The van der Waals surface area contributed by atoms with Gasteiger partial charge in [-0.15, -0.1) is 0 Å². The fourth-order valence-corrected chi connectivity index (χ4v) is 2.74. The van der Waals surface area contributed by atoms with E-state index >= 15 is 0 Å². The Hall–Kier alpha value is -2.22. The van der Waals surface area contributed by atoms with Gasteiger partial charge in [0.25, 0.3) is 0 Å². The van der Waals surface area contributed by atoms with E-state index < -0.39 is 17.7 Å². The number of urea groups is 1. The third kappa shape index (κ3) is 3.26. The number of rotatable bonds is 2. The highest BCUT2D eigenvalue weighted by Gasteiger charge is 2.30. The minimum absolute atomic E-state index is 0.00898. The molecule has 1 aliphatic rings. The van der Waals surface area contributed by atoms with Crippen LogP contribution in [0.5, 0.6) is 0 Å². The summed E-state index contributed by atoms with van der Waals surface area (Å²) in [6, 6.07) is 1.51. The molecule has 3 rings (SSSR count). The SMILES string of the molecule is Cc1nc([C@@H]2CCN(C(=O)Nc3cc(Cl)cc(F)c3F)C2)n[nH]1. The second-order valence-electron chi connectivity index (χ2n) is 5.39. The average molecular weight is 342 g/mol. The van der Waals surface area contributed by atoms with Crippen molar-refractivity contribution in [3.8, 4) is 0 Å². The molecule has 0 aliphatic carbocycles. The normalized spacial score (nSPS) is 17.6. The van der Waals surface area contributed by atoms with Crippen LogP contribution < -0.4 is 5.32 Å². The summed E-state index contributed by atoms with van der Waals surface area (Å²) in [5.41, 5.74) is -0.280. The van der Waals surface area contributed by atoms with Crippen LogP contribution in [0.3, 0.4) is 0 Å². The first kappa shape index (κ1) is 15.7. The Morgan fingerprint density at radius 2 is 2.26 bits per heavy atom. The number of aryl methyl sites for hydroxylation is 1. The zero-order chi connectivity index (χ0) is 16.6. The maximum atomic E-state index is 13.7. The molecule has 1 aliphatic heterocycles. The average Bonchev–Trinajstić information content (AvgIpc) is 3.12. The molecule has 0 saturated carbocycles. The number of nitrogens with one attached hydrogen (secondary N) is 2. The number of carbonyl (C=O) groups is 1. The smallest absolute Gasteiger partial charge is 0.321 e. The molecule has 23 heavy (non-hydrogen) atoms. The molecule has 2 heterocycles. The minimum atomic E-state index is -1.14. The standard InChI is InChI=1S/C14H14ClF2N5O/c1-7-18-13(21-20-7)8-2-3-22(6-8)14(23)19-11-5-9(15)4-10(16)12(11)17/h4-5,8H,2-3,6H2,1H3,(H,19,23)(H,18,20,21)/t8-/m1/s1. The van der Waals surface area contributed by atoms with Gasteiger partial charge in [0.2, 0.25) is 0 Å². The number of amides is 2. The van der Waals surface area contributed by atoms with Crippen LogP contribution in [-0.4, -0.2) is 39.2 Å². The van der Waals surface area contributed by atoms with Crippen molar-refractivity contribution in [1.29, 1.82) is 0 Å². The van der Waals surface area contributed by atoms with Crippen LogP contribution in [0.2, 0.25) is 5.02 Å². The fourth-order valence-electron chi connectivity index (χ4n) is 2.54. The quantitative estimate of drug-likeness (QED) is 0.824. The van der Waals surface area contributed by atoms with Crippen LogP contribution in [-0.2, 0) is 0 Å². The van der Waals surface area contributed by atoms with E-state index in [2.05, 4.69) is 20.5 Å². The van der Waals surface area contributed by atoms with Crippen molar-refractivity contribution in [2.75, 3.05) is 18.4 Å². The summed E-state index contributed by atoms with van der Waals surface area (Å²) in [6.07, 6.45) is 0.705. The number of nitrogens with zero attached hydrogens (tertiary/aromatic N) is 3. The van der Waals surface area contributed by atoms with Crippen LogP contribution in [0.25, 0.3) is 0 Å². The number of aromatic amines is 1. The predicted molar refractivity (Wildman–Crippen MR) is 80.4 cm³/mol. The molecule has 1 aromatic carbocycles. The van der Waals surface area contributed by atoms with E-state index in [4.69, 9.17) is 11.6 Å². The lowest BCUT2D eigenvalue weighted by atomic mass is 10.1. The van der Waals surface area contributed by atoms with Gasteiger partial charge >= 0.3 is 6.03 Å². The number of likely N-dealkylation sites (tertiary alicyclic amines) is 1. The van der Waals surface area contributed by atoms with Gasteiger partial charge in [-0.2, -0.15) is 5.10 Å². The highest BCUT2D eigenvalue weighted by atomic mass is 35.5. The van der Waals surface area contributed by atoms with Crippen LogP contribution in [0.4, 0.5) is 19.3 Å². The van der Waals surface area contributed by atoms with E-state index in [0.29, 0.717) is 31.2 Å². The van der Waals surface area contributed by atoms with Gasteiger partial charge < -0.3 is 10.2 Å². The number of H-pyrrole nitrogens is 1. The van der Waals surface area contributed by atoms with E-state index in [-0.39, 0.29) is 16.6 Å². The summed E-state index contributed by atoms with van der Waals surface area (Å²) in [5, 5.41) is 9.21. The molecule has 1 saturated heterocycles. The predicted octanol–water partition coefficient (Wildman–Crippen LogP) is 3.07. The van der Waals surface area contributed by atoms with E-state index in [0.717, 1.165) is 6.07 Å². The second-order valence-corrected chi connectivity index (χ2v) is 5.83. The second kappa shape index (κ2) is 6.11. The summed E-state index contributed by atoms with van der Waals surface area (Å²) in [6.45, 7) is 2.69. The first-order valence-corrected chi connectivity index (χ1v) is 7.41. The number of hydrogen-bond acceptors (Lipinski definition) is 3. The van der Waals surface area contributed by atoms with Gasteiger partial charge in [-0.3, -0.25) is 5.10 Å². The van der Waals surface area contributed by atoms with Gasteiger partial charge in [-0.05, 0) is 25.5 Å². The summed E-state index contributed by atoms with van der Waals surface area (Å²) in [7, 11) is 0. The monoisotopic (exact) mass is 341 g/mol. The number of anilines is 1. The number of halogens is 3. The van der Waals surface area contributed by atoms with Gasteiger partial charge in [0.1, 0.15) is 5.82 Å². The fraction of sp³-hybridized carbons (Fsp3) is 0.357. The van der Waals surface area contributed by atoms with Gasteiger partial charge in [-0.1, -0.05) is 11.6 Å².